The molecule has 0 aliphatic heterocycles. The Kier molecular flexibility index (Phi) is 3.87. The maximum Gasteiger partial charge on any atom is 0.338 e. The Labute approximate surface area is 115 Å². The highest BCUT2D eigenvalue weighted by Crippen LogP contribution is 2.34. The quantitative estimate of drug-likeness (QED) is 0.663. The van der Waals surface area contributed by atoms with Gasteiger partial charge in [0.2, 0.25) is 0 Å². The van der Waals surface area contributed by atoms with Crippen LogP contribution in [0, 0.1) is 21.8 Å². The molecule has 0 amide bonds. The van der Waals surface area contributed by atoms with Gasteiger partial charge in [-0.05, 0) is 24.8 Å². The molecule has 20 heavy (non-hydrogen) atoms. The SMILES string of the molecule is CN(CC1CCC1)c1cc(C(=O)O)c(F)cc1[N+](=O)[O-]. The predicted molar refractivity (Wildman–Crippen MR) is 70.6 cm³/mol. The maximum absolute atomic E-state index is 13.5. The Morgan fingerprint density at radius 1 is 1.55 bits per heavy atom. The largest absolute Gasteiger partial charge is 0.478 e. The van der Waals surface area contributed by atoms with Gasteiger partial charge < -0.3 is 10.0 Å². The first kappa shape index (κ1) is 14.2. The molecule has 1 N–H and O–H groups in total. The average Bonchev–Trinajstić information content (AvgIpc) is 2.32. The Hall–Kier alpha value is -2.18. The number of halogens is 1. The number of rotatable bonds is 5. The summed E-state index contributed by atoms with van der Waals surface area (Å²) in [7, 11) is 1.66. The highest BCUT2D eigenvalue weighted by molar-refractivity contribution is 5.90. The lowest BCUT2D eigenvalue weighted by Crippen LogP contribution is -2.30. The average molecular weight is 282 g/mol. The molecule has 1 aromatic rings. The fourth-order valence-electron chi connectivity index (χ4n) is 2.33. The summed E-state index contributed by atoms with van der Waals surface area (Å²) in [4.78, 5) is 22.9. The van der Waals surface area contributed by atoms with Crippen LogP contribution in [0.5, 0.6) is 0 Å². The number of anilines is 1. The minimum atomic E-state index is -1.43. The van der Waals surface area contributed by atoms with Gasteiger partial charge >= 0.3 is 5.97 Å². The van der Waals surface area contributed by atoms with Gasteiger partial charge in [0.1, 0.15) is 11.5 Å². The zero-order chi connectivity index (χ0) is 14.9. The van der Waals surface area contributed by atoms with Gasteiger partial charge in [-0.15, -0.1) is 0 Å². The normalized spacial score (nSPS) is 14.7. The molecular weight excluding hydrogens is 267 g/mol. The van der Waals surface area contributed by atoms with Crippen molar-refractivity contribution in [3.05, 3.63) is 33.6 Å². The van der Waals surface area contributed by atoms with Crippen molar-refractivity contribution in [2.75, 3.05) is 18.5 Å². The lowest BCUT2D eigenvalue weighted by atomic mass is 9.85. The van der Waals surface area contributed by atoms with Crippen LogP contribution >= 0.6 is 0 Å². The Bertz CT molecular complexity index is 558. The number of carbonyl (C=O) groups is 1. The fraction of sp³-hybridized carbons (Fsp3) is 0.462. The van der Waals surface area contributed by atoms with Crippen molar-refractivity contribution in [1.82, 2.24) is 0 Å². The highest BCUT2D eigenvalue weighted by atomic mass is 19.1. The highest BCUT2D eigenvalue weighted by Gasteiger charge is 2.26. The van der Waals surface area contributed by atoms with E-state index in [1.54, 1.807) is 11.9 Å². The van der Waals surface area contributed by atoms with Gasteiger partial charge in [-0.1, -0.05) is 6.42 Å². The smallest absolute Gasteiger partial charge is 0.338 e. The molecule has 7 heteroatoms. The standard InChI is InChI=1S/C13H15FN2O4/c1-15(7-8-3-2-4-8)11-5-9(13(17)18)10(14)6-12(11)16(19)20/h5-6,8H,2-4,7H2,1H3,(H,17,18). The van der Waals surface area contributed by atoms with E-state index in [1.165, 1.54) is 0 Å². The second-order valence-electron chi connectivity index (χ2n) is 5.06. The van der Waals surface area contributed by atoms with Crippen molar-refractivity contribution >= 4 is 17.3 Å². The minimum absolute atomic E-state index is 0.140. The molecule has 1 fully saturated rings. The van der Waals surface area contributed by atoms with Crippen LogP contribution < -0.4 is 4.90 Å². The molecule has 0 saturated heterocycles. The summed E-state index contributed by atoms with van der Waals surface area (Å²) in [6.45, 7) is 0.603. The molecule has 108 valence electrons. The van der Waals surface area contributed by atoms with E-state index in [4.69, 9.17) is 5.11 Å². The molecule has 2 rings (SSSR count). The third-order valence-corrected chi connectivity index (χ3v) is 3.66. The zero-order valence-electron chi connectivity index (χ0n) is 11.0. The molecule has 0 atom stereocenters. The van der Waals surface area contributed by atoms with Crippen LogP contribution in [0.15, 0.2) is 12.1 Å². The van der Waals surface area contributed by atoms with Gasteiger partial charge in [-0.3, -0.25) is 10.1 Å². The Morgan fingerprint density at radius 2 is 2.20 bits per heavy atom. The second kappa shape index (κ2) is 5.44. The maximum atomic E-state index is 13.5. The number of carboxylic acid groups (broad SMARTS) is 1. The lowest BCUT2D eigenvalue weighted by Gasteiger charge is -2.31. The third-order valence-electron chi connectivity index (χ3n) is 3.66. The first-order chi connectivity index (χ1) is 9.40. The van der Waals surface area contributed by atoms with E-state index in [0.29, 0.717) is 18.5 Å². The molecule has 0 spiro atoms. The van der Waals surface area contributed by atoms with Gasteiger partial charge in [0.15, 0.2) is 0 Å². The van der Waals surface area contributed by atoms with Crippen molar-refractivity contribution in [2.45, 2.75) is 19.3 Å². The molecule has 0 radical (unpaired) electrons. The van der Waals surface area contributed by atoms with Crippen LogP contribution in [-0.2, 0) is 0 Å². The van der Waals surface area contributed by atoms with E-state index in [9.17, 15) is 19.3 Å². The van der Waals surface area contributed by atoms with E-state index in [-0.39, 0.29) is 5.69 Å². The lowest BCUT2D eigenvalue weighted by molar-refractivity contribution is -0.384. The Morgan fingerprint density at radius 3 is 2.65 bits per heavy atom. The number of aromatic carboxylic acids is 1. The molecule has 1 aromatic carbocycles. The van der Waals surface area contributed by atoms with Gasteiger partial charge in [0.05, 0.1) is 16.6 Å². The molecule has 0 unspecified atom stereocenters. The van der Waals surface area contributed by atoms with Crippen LogP contribution in [0.3, 0.4) is 0 Å². The summed E-state index contributed by atoms with van der Waals surface area (Å²) in [6, 6.07) is 1.71. The van der Waals surface area contributed by atoms with Gasteiger partial charge in [0.25, 0.3) is 5.69 Å². The fourth-order valence-corrected chi connectivity index (χ4v) is 2.33. The third kappa shape index (κ3) is 2.71. The number of nitro groups is 1. The predicted octanol–water partition coefficient (Wildman–Crippen LogP) is 2.67. The van der Waals surface area contributed by atoms with Gasteiger partial charge in [0, 0.05) is 13.6 Å². The first-order valence-electron chi connectivity index (χ1n) is 6.32. The Balaban J connectivity index is 2.38. The zero-order valence-corrected chi connectivity index (χ0v) is 11.0. The number of hydrogen-bond donors (Lipinski definition) is 1. The summed E-state index contributed by atoms with van der Waals surface area (Å²) in [5.41, 5.74) is -0.818. The number of carboxylic acids is 1. The number of nitro benzene ring substituents is 1. The number of hydrogen-bond acceptors (Lipinski definition) is 4. The van der Waals surface area contributed by atoms with E-state index in [2.05, 4.69) is 0 Å². The molecule has 0 heterocycles. The van der Waals surface area contributed by atoms with E-state index in [1.807, 2.05) is 0 Å². The summed E-state index contributed by atoms with van der Waals surface area (Å²) in [5.74, 6) is -2.07. The molecule has 1 aliphatic carbocycles. The van der Waals surface area contributed by atoms with Crippen molar-refractivity contribution < 1.29 is 19.2 Å². The van der Waals surface area contributed by atoms with Crippen LogP contribution in [0.2, 0.25) is 0 Å². The van der Waals surface area contributed by atoms with Crippen molar-refractivity contribution in [3.63, 3.8) is 0 Å². The van der Waals surface area contributed by atoms with E-state index < -0.39 is 28.0 Å². The molecule has 1 aliphatic rings. The van der Waals surface area contributed by atoms with Crippen molar-refractivity contribution in [3.8, 4) is 0 Å². The molecular formula is C13H15FN2O4. The van der Waals surface area contributed by atoms with Crippen LogP contribution in [0.1, 0.15) is 29.6 Å². The summed E-state index contributed by atoms with van der Waals surface area (Å²) < 4.78 is 13.5. The van der Waals surface area contributed by atoms with Crippen LogP contribution in [0.25, 0.3) is 0 Å². The number of nitrogens with zero attached hydrogens (tertiary/aromatic N) is 2. The molecule has 6 nitrogen and oxygen atoms in total. The molecule has 0 bridgehead atoms. The van der Waals surface area contributed by atoms with Crippen molar-refractivity contribution in [1.29, 1.82) is 0 Å². The molecule has 0 aromatic heterocycles. The topological polar surface area (TPSA) is 83.7 Å². The van der Waals surface area contributed by atoms with Crippen LogP contribution in [-0.4, -0.2) is 29.6 Å². The van der Waals surface area contributed by atoms with E-state index in [0.717, 1.165) is 25.3 Å². The number of benzene rings is 1. The summed E-state index contributed by atoms with van der Waals surface area (Å²) in [5, 5.41) is 19.9. The second-order valence-corrected chi connectivity index (χ2v) is 5.06. The summed E-state index contributed by atoms with van der Waals surface area (Å²) >= 11 is 0. The van der Waals surface area contributed by atoms with Gasteiger partial charge in [-0.25, -0.2) is 9.18 Å². The molecule has 1 saturated carbocycles. The monoisotopic (exact) mass is 282 g/mol. The summed E-state index contributed by atoms with van der Waals surface area (Å²) in [6.07, 6.45) is 3.26. The van der Waals surface area contributed by atoms with Crippen LogP contribution in [0.4, 0.5) is 15.8 Å². The van der Waals surface area contributed by atoms with E-state index >= 15 is 0 Å². The minimum Gasteiger partial charge on any atom is -0.478 e. The van der Waals surface area contributed by atoms with Crippen molar-refractivity contribution in [2.24, 2.45) is 5.92 Å². The first-order valence-corrected chi connectivity index (χ1v) is 6.32. The van der Waals surface area contributed by atoms with Gasteiger partial charge in [-0.2, -0.15) is 0 Å².